The average Bonchev–Trinajstić information content (AvgIpc) is 2.42. The summed E-state index contributed by atoms with van der Waals surface area (Å²) in [7, 11) is 0. The Balaban J connectivity index is 2.50. The van der Waals surface area contributed by atoms with Crippen LogP contribution in [0.2, 0.25) is 0 Å². The lowest BCUT2D eigenvalue weighted by atomic mass is 10.1. The molecule has 0 aliphatic carbocycles. The van der Waals surface area contributed by atoms with Crippen molar-refractivity contribution < 1.29 is 14.3 Å². The number of carbonyl (C=O) groups is 1. The predicted octanol–water partition coefficient (Wildman–Crippen LogP) is 2.40. The molecule has 0 spiro atoms. The molecule has 126 valence electrons. The van der Waals surface area contributed by atoms with Crippen LogP contribution in [0.4, 0.5) is 4.79 Å². The van der Waals surface area contributed by atoms with Crippen LogP contribution in [0.3, 0.4) is 0 Å². The Kier molecular flexibility index (Phi) is 7.70. The standard InChI is InChI=1S/C17H30N2O3/c1-6-7-8-9-18-14(2)12-15-13-21-11-10-19(15)16(20)22-17(3,4)5/h14-15,18H,8-13H2,1-5H3. The van der Waals surface area contributed by atoms with E-state index >= 15 is 0 Å². The number of carbonyl (C=O) groups excluding carboxylic acids is 1. The van der Waals surface area contributed by atoms with Crippen LogP contribution >= 0.6 is 0 Å². The van der Waals surface area contributed by atoms with Crippen molar-refractivity contribution in [1.29, 1.82) is 0 Å². The van der Waals surface area contributed by atoms with Gasteiger partial charge < -0.3 is 19.7 Å². The highest BCUT2D eigenvalue weighted by atomic mass is 16.6. The van der Waals surface area contributed by atoms with Gasteiger partial charge in [0.25, 0.3) is 0 Å². The number of nitrogens with one attached hydrogen (secondary N) is 1. The van der Waals surface area contributed by atoms with Crippen molar-refractivity contribution >= 4 is 6.09 Å². The molecule has 0 aromatic heterocycles. The molecule has 1 saturated heterocycles. The minimum Gasteiger partial charge on any atom is -0.444 e. The van der Waals surface area contributed by atoms with Crippen LogP contribution in [0.15, 0.2) is 0 Å². The first-order valence-electron chi connectivity index (χ1n) is 8.04. The summed E-state index contributed by atoms with van der Waals surface area (Å²) in [5.74, 6) is 5.93. The monoisotopic (exact) mass is 310 g/mol. The summed E-state index contributed by atoms with van der Waals surface area (Å²) >= 11 is 0. The van der Waals surface area contributed by atoms with Gasteiger partial charge in [0.2, 0.25) is 0 Å². The quantitative estimate of drug-likeness (QED) is 0.626. The molecule has 2 unspecified atom stereocenters. The third kappa shape index (κ3) is 7.15. The molecule has 5 heteroatoms. The molecule has 1 aliphatic heterocycles. The van der Waals surface area contributed by atoms with Gasteiger partial charge in [0.1, 0.15) is 5.60 Å². The summed E-state index contributed by atoms with van der Waals surface area (Å²) in [6, 6.07) is 0.360. The fourth-order valence-electron chi connectivity index (χ4n) is 2.41. The molecule has 1 rings (SSSR count). The lowest BCUT2D eigenvalue weighted by Gasteiger charge is -2.37. The van der Waals surface area contributed by atoms with E-state index in [-0.39, 0.29) is 12.1 Å². The van der Waals surface area contributed by atoms with Crippen molar-refractivity contribution in [2.45, 2.75) is 65.1 Å². The molecule has 5 nitrogen and oxygen atoms in total. The van der Waals surface area contributed by atoms with Crippen molar-refractivity contribution in [3.05, 3.63) is 0 Å². The first-order chi connectivity index (χ1) is 10.3. The molecule has 1 N–H and O–H groups in total. The fourth-order valence-corrected chi connectivity index (χ4v) is 2.41. The molecule has 0 aromatic carbocycles. The summed E-state index contributed by atoms with van der Waals surface area (Å²) < 4.78 is 11.0. The van der Waals surface area contributed by atoms with E-state index in [1.807, 2.05) is 27.7 Å². The Morgan fingerprint density at radius 1 is 1.50 bits per heavy atom. The van der Waals surface area contributed by atoms with Crippen molar-refractivity contribution in [3.63, 3.8) is 0 Å². The highest BCUT2D eigenvalue weighted by Gasteiger charge is 2.31. The van der Waals surface area contributed by atoms with Crippen LogP contribution in [0.1, 0.15) is 47.5 Å². The molecular formula is C17H30N2O3. The molecule has 1 amide bonds. The molecule has 22 heavy (non-hydrogen) atoms. The Hall–Kier alpha value is -1.25. The molecular weight excluding hydrogens is 280 g/mol. The van der Waals surface area contributed by atoms with Crippen molar-refractivity contribution in [2.75, 3.05) is 26.3 Å². The summed E-state index contributed by atoms with van der Waals surface area (Å²) in [6.45, 7) is 12.2. The van der Waals surface area contributed by atoms with Crippen LogP contribution in [-0.4, -0.2) is 55.0 Å². The normalized spacial score (nSPS) is 20.0. The minimum atomic E-state index is -0.470. The number of morpholine rings is 1. The number of amides is 1. The minimum absolute atomic E-state index is 0.0587. The van der Waals surface area contributed by atoms with E-state index in [0.29, 0.717) is 25.8 Å². The number of hydrogen-bond donors (Lipinski definition) is 1. The third-order valence-corrected chi connectivity index (χ3v) is 3.40. The van der Waals surface area contributed by atoms with Gasteiger partial charge >= 0.3 is 6.09 Å². The van der Waals surface area contributed by atoms with Gasteiger partial charge in [0.05, 0.1) is 19.3 Å². The smallest absolute Gasteiger partial charge is 0.410 e. The molecule has 0 bridgehead atoms. The number of ether oxygens (including phenoxy) is 2. The number of hydrogen-bond acceptors (Lipinski definition) is 4. The van der Waals surface area contributed by atoms with Crippen LogP contribution in [-0.2, 0) is 9.47 Å². The zero-order valence-electron chi connectivity index (χ0n) is 14.6. The Morgan fingerprint density at radius 2 is 2.23 bits per heavy atom. The zero-order valence-corrected chi connectivity index (χ0v) is 14.6. The van der Waals surface area contributed by atoms with Gasteiger partial charge in [0, 0.05) is 25.6 Å². The van der Waals surface area contributed by atoms with Crippen molar-refractivity contribution in [2.24, 2.45) is 0 Å². The average molecular weight is 310 g/mol. The molecule has 1 aliphatic rings. The Morgan fingerprint density at radius 3 is 2.86 bits per heavy atom. The second kappa shape index (κ2) is 9.02. The summed E-state index contributed by atoms with van der Waals surface area (Å²) in [5, 5.41) is 3.44. The molecule has 1 heterocycles. The second-order valence-corrected chi connectivity index (χ2v) is 6.67. The van der Waals surface area contributed by atoms with E-state index in [1.165, 1.54) is 0 Å². The first kappa shape index (κ1) is 18.8. The van der Waals surface area contributed by atoms with Gasteiger partial charge in [-0.15, -0.1) is 11.8 Å². The molecule has 0 radical (unpaired) electrons. The summed E-state index contributed by atoms with van der Waals surface area (Å²) in [4.78, 5) is 14.1. The van der Waals surface area contributed by atoms with Gasteiger partial charge in [-0.1, -0.05) is 0 Å². The zero-order chi connectivity index (χ0) is 16.6. The van der Waals surface area contributed by atoms with Gasteiger partial charge in [-0.25, -0.2) is 4.79 Å². The van der Waals surface area contributed by atoms with Crippen molar-refractivity contribution in [3.8, 4) is 11.8 Å². The topological polar surface area (TPSA) is 50.8 Å². The maximum atomic E-state index is 12.3. The fraction of sp³-hybridized carbons (Fsp3) is 0.824. The van der Waals surface area contributed by atoms with Crippen LogP contribution < -0.4 is 5.32 Å². The Labute approximate surface area is 134 Å². The summed E-state index contributed by atoms with van der Waals surface area (Å²) in [6.07, 6.45) is 1.45. The van der Waals surface area contributed by atoms with Crippen LogP contribution in [0, 0.1) is 11.8 Å². The van der Waals surface area contributed by atoms with Gasteiger partial charge in [-0.3, -0.25) is 0 Å². The van der Waals surface area contributed by atoms with Gasteiger partial charge in [-0.05, 0) is 41.0 Å². The van der Waals surface area contributed by atoms with Gasteiger partial charge in [-0.2, -0.15) is 0 Å². The van der Waals surface area contributed by atoms with E-state index in [4.69, 9.17) is 9.47 Å². The molecule has 1 fully saturated rings. The number of rotatable bonds is 5. The van der Waals surface area contributed by atoms with Crippen LogP contribution in [0.5, 0.6) is 0 Å². The Bertz CT molecular complexity index is 406. The van der Waals surface area contributed by atoms with E-state index in [9.17, 15) is 4.79 Å². The van der Waals surface area contributed by atoms with E-state index in [0.717, 1.165) is 19.4 Å². The van der Waals surface area contributed by atoms with E-state index in [2.05, 4.69) is 24.1 Å². The molecule has 0 saturated carbocycles. The van der Waals surface area contributed by atoms with Gasteiger partial charge in [0.15, 0.2) is 0 Å². The van der Waals surface area contributed by atoms with E-state index in [1.54, 1.807) is 4.90 Å². The molecule has 0 aromatic rings. The second-order valence-electron chi connectivity index (χ2n) is 6.67. The van der Waals surface area contributed by atoms with E-state index < -0.39 is 5.60 Å². The largest absolute Gasteiger partial charge is 0.444 e. The first-order valence-corrected chi connectivity index (χ1v) is 8.04. The molecule has 2 atom stereocenters. The van der Waals surface area contributed by atoms with Crippen LogP contribution in [0.25, 0.3) is 0 Å². The maximum absolute atomic E-state index is 12.3. The summed E-state index contributed by atoms with van der Waals surface area (Å²) in [5.41, 5.74) is -0.470. The lowest BCUT2D eigenvalue weighted by molar-refractivity contribution is -0.0355. The highest BCUT2D eigenvalue weighted by molar-refractivity contribution is 5.68. The number of nitrogens with zero attached hydrogens (tertiary/aromatic N) is 1. The highest BCUT2D eigenvalue weighted by Crippen LogP contribution is 2.17. The predicted molar refractivity (Wildman–Crippen MR) is 87.7 cm³/mol. The maximum Gasteiger partial charge on any atom is 0.410 e. The lowest BCUT2D eigenvalue weighted by Crippen LogP contribution is -2.52. The third-order valence-electron chi connectivity index (χ3n) is 3.40. The SMILES string of the molecule is CC#CCCNC(C)CC1COCCN1C(=O)OC(C)(C)C. The van der Waals surface area contributed by atoms with Crippen molar-refractivity contribution in [1.82, 2.24) is 10.2 Å².